The first-order valence-electron chi connectivity index (χ1n) is 10.5. The van der Waals surface area contributed by atoms with Gasteiger partial charge in [0.05, 0.1) is 12.5 Å². The van der Waals surface area contributed by atoms with E-state index in [4.69, 9.17) is 21.8 Å². The second-order valence-electron chi connectivity index (χ2n) is 7.85. The van der Waals surface area contributed by atoms with E-state index in [9.17, 15) is 4.79 Å². The lowest BCUT2D eigenvalue weighted by Gasteiger charge is -2.37. The number of aromatic nitrogens is 2. The number of carbonyl (C=O) groups is 1. The van der Waals surface area contributed by atoms with E-state index in [-0.39, 0.29) is 18.2 Å². The van der Waals surface area contributed by atoms with Gasteiger partial charge in [-0.3, -0.25) is 4.79 Å². The van der Waals surface area contributed by atoms with Crippen LogP contribution in [0.15, 0.2) is 24.3 Å². The van der Waals surface area contributed by atoms with Gasteiger partial charge in [0.2, 0.25) is 5.91 Å². The molecule has 0 aliphatic carbocycles. The number of hydrogen-bond donors (Lipinski definition) is 0. The molecule has 0 atom stereocenters. The maximum atomic E-state index is 12.4. The summed E-state index contributed by atoms with van der Waals surface area (Å²) in [5.74, 6) is 1.63. The van der Waals surface area contributed by atoms with Gasteiger partial charge in [0.25, 0.3) is 0 Å². The molecule has 0 spiro atoms. The molecule has 6 nitrogen and oxygen atoms in total. The summed E-state index contributed by atoms with van der Waals surface area (Å²) >= 11 is 6.20. The summed E-state index contributed by atoms with van der Waals surface area (Å²) in [7, 11) is 0. The molecule has 3 rings (SSSR count). The van der Waals surface area contributed by atoms with Crippen molar-refractivity contribution >= 4 is 23.3 Å². The molecule has 0 N–H and O–H groups in total. The van der Waals surface area contributed by atoms with Crippen LogP contribution in [-0.2, 0) is 24.1 Å². The number of amides is 1. The van der Waals surface area contributed by atoms with E-state index >= 15 is 0 Å². The van der Waals surface area contributed by atoms with Crippen molar-refractivity contribution < 1.29 is 4.79 Å². The highest BCUT2D eigenvalue weighted by atomic mass is 35.5. The Morgan fingerprint density at radius 2 is 1.97 bits per heavy atom. The highest BCUT2D eigenvalue weighted by Gasteiger charge is 2.26. The summed E-state index contributed by atoms with van der Waals surface area (Å²) < 4.78 is 0. The third-order valence-corrected chi connectivity index (χ3v) is 5.58. The van der Waals surface area contributed by atoms with Crippen molar-refractivity contribution in [2.45, 2.75) is 40.0 Å². The quantitative estimate of drug-likeness (QED) is 0.706. The lowest BCUT2D eigenvalue weighted by atomic mass is 10.0. The molecular weight excluding hydrogens is 398 g/mol. The minimum atomic E-state index is 0.00270. The van der Waals surface area contributed by atoms with Crippen LogP contribution in [0, 0.1) is 17.2 Å². The highest BCUT2D eigenvalue weighted by Crippen LogP contribution is 2.27. The van der Waals surface area contributed by atoms with E-state index in [1.807, 2.05) is 36.9 Å². The Hall–Kier alpha value is -2.65. The van der Waals surface area contributed by atoms with Gasteiger partial charge in [-0.25, -0.2) is 9.97 Å². The van der Waals surface area contributed by atoms with Gasteiger partial charge in [-0.1, -0.05) is 44.5 Å². The van der Waals surface area contributed by atoms with Crippen LogP contribution >= 0.6 is 11.6 Å². The standard InChI is InChI=1S/C23H28ClN5O/c1-4-20-19(15-17-6-5-7-18(24)14-17)22(27-21(26-20)8-9-25)28-10-12-29(13-11-28)23(30)16(2)3/h5-7,14,16H,4,8,10-13,15H2,1-3H3. The fraction of sp³-hybridized carbons (Fsp3) is 0.478. The molecule has 0 bridgehead atoms. The summed E-state index contributed by atoms with van der Waals surface area (Å²) in [5.41, 5.74) is 3.14. The first kappa shape index (κ1) is 22.0. The Morgan fingerprint density at radius 3 is 2.57 bits per heavy atom. The van der Waals surface area contributed by atoms with Crippen molar-refractivity contribution in [3.8, 4) is 6.07 Å². The van der Waals surface area contributed by atoms with Crippen LogP contribution in [0.25, 0.3) is 0 Å². The Bertz CT molecular complexity index is 945. The maximum Gasteiger partial charge on any atom is 0.225 e. The number of piperazine rings is 1. The molecule has 1 aromatic heterocycles. The number of anilines is 1. The van der Waals surface area contributed by atoms with Gasteiger partial charge in [-0.2, -0.15) is 5.26 Å². The number of halogens is 1. The lowest BCUT2D eigenvalue weighted by molar-refractivity contribution is -0.134. The van der Waals surface area contributed by atoms with Gasteiger partial charge in [0.15, 0.2) is 0 Å². The number of aryl methyl sites for hydroxylation is 1. The molecule has 158 valence electrons. The maximum absolute atomic E-state index is 12.4. The third-order valence-electron chi connectivity index (χ3n) is 5.34. The SMILES string of the molecule is CCc1nc(CC#N)nc(N2CCN(C(=O)C(C)C)CC2)c1Cc1cccc(Cl)c1. The van der Waals surface area contributed by atoms with E-state index in [1.165, 1.54) is 0 Å². The molecule has 1 saturated heterocycles. The van der Waals surface area contributed by atoms with Crippen molar-refractivity contribution in [1.29, 1.82) is 5.26 Å². The Morgan fingerprint density at radius 1 is 1.23 bits per heavy atom. The summed E-state index contributed by atoms with van der Waals surface area (Å²) in [6.07, 6.45) is 1.62. The summed E-state index contributed by atoms with van der Waals surface area (Å²) in [5, 5.41) is 9.87. The van der Waals surface area contributed by atoms with Gasteiger partial charge >= 0.3 is 0 Å². The zero-order chi connectivity index (χ0) is 21.7. The monoisotopic (exact) mass is 425 g/mol. The second kappa shape index (κ2) is 9.90. The Balaban J connectivity index is 1.94. The fourth-order valence-corrected chi connectivity index (χ4v) is 4.02. The first-order valence-corrected chi connectivity index (χ1v) is 10.8. The number of rotatable bonds is 6. The van der Waals surface area contributed by atoms with E-state index in [0.717, 1.165) is 29.1 Å². The van der Waals surface area contributed by atoms with Gasteiger partial charge in [0.1, 0.15) is 11.6 Å². The van der Waals surface area contributed by atoms with Crippen LogP contribution in [0.5, 0.6) is 0 Å². The second-order valence-corrected chi connectivity index (χ2v) is 8.29. The topological polar surface area (TPSA) is 73.1 Å². The number of carbonyl (C=O) groups excluding carboxylic acids is 1. The molecule has 30 heavy (non-hydrogen) atoms. The van der Waals surface area contributed by atoms with Crippen molar-refractivity contribution in [3.63, 3.8) is 0 Å². The molecule has 0 radical (unpaired) electrons. The highest BCUT2D eigenvalue weighted by molar-refractivity contribution is 6.30. The first-order chi connectivity index (χ1) is 14.4. The van der Waals surface area contributed by atoms with Crippen molar-refractivity contribution in [1.82, 2.24) is 14.9 Å². The number of nitrogens with zero attached hydrogens (tertiary/aromatic N) is 5. The molecule has 1 amide bonds. The van der Waals surface area contributed by atoms with Crippen LogP contribution in [0.1, 0.15) is 43.4 Å². The molecule has 7 heteroatoms. The number of nitriles is 1. The predicted octanol–water partition coefficient (Wildman–Crippen LogP) is 3.65. The number of hydrogen-bond acceptors (Lipinski definition) is 5. The molecule has 1 aliphatic heterocycles. The molecule has 1 aromatic carbocycles. The lowest BCUT2D eigenvalue weighted by Crippen LogP contribution is -2.50. The van der Waals surface area contributed by atoms with E-state index < -0.39 is 0 Å². The normalized spacial score (nSPS) is 14.1. The van der Waals surface area contributed by atoms with Gasteiger partial charge in [0, 0.05) is 54.8 Å². The molecule has 0 unspecified atom stereocenters. The van der Waals surface area contributed by atoms with Gasteiger partial charge in [-0.05, 0) is 24.1 Å². The van der Waals surface area contributed by atoms with E-state index in [0.29, 0.717) is 43.4 Å². The van der Waals surface area contributed by atoms with Gasteiger partial charge in [-0.15, -0.1) is 0 Å². The molecule has 0 saturated carbocycles. The summed E-state index contributed by atoms with van der Waals surface area (Å²) in [4.78, 5) is 25.9. The van der Waals surface area contributed by atoms with Crippen LogP contribution in [0.2, 0.25) is 5.02 Å². The van der Waals surface area contributed by atoms with Crippen molar-refractivity contribution in [2.75, 3.05) is 31.1 Å². The molecule has 1 aliphatic rings. The molecule has 1 fully saturated rings. The average molecular weight is 426 g/mol. The van der Waals surface area contributed by atoms with E-state index in [2.05, 4.69) is 28.9 Å². The Kier molecular flexibility index (Phi) is 7.28. The van der Waals surface area contributed by atoms with Crippen LogP contribution in [-0.4, -0.2) is 47.0 Å². The van der Waals surface area contributed by atoms with Crippen molar-refractivity contribution in [2.24, 2.45) is 5.92 Å². The average Bonchev–Trinajstić information content (AvgIpc) is 2.74. The Labute approximate surface area is 183 Å². The van der Waals surface area contributed by atoms with Crippen LogP contribution in [0.3, 0.4) is 0 Å². The fourth-order valence-electron chi connectivity index (χ4n) is 3.81. The molecule has 2 heterocycles. The molecular formula is C23H28ClN5O. The van der Waals surface area contributed by atoms with E-state index in [1.54, 1.807) is 0 Å². The largest absolute Gasteiger partial charge is 0.353 e. The van der Waals surface area contributed by atoms with Crippen LogP contribution in [0.4, 0.5) is 5.82 Å². The minimum Gasteiger partial charge on any atom is -0.353 e. The van der Waals surface area contributed by atoms with Crippen molar-refractivity contribution in [3.05, 3.63) is 51.9 Å². The zero-order valence-corrected chi connectivity index (χ0v) is 18.6. The summed E-state index contributed by atoms with van der Waals surface area (Å²) in [6, 6.07) is 10.00. The summed E-state index contributed by atoms with van der Waals surface area (Å²) in [6.45, 7) is 8.72. The minimum absolute atomic E-state index is 0.00270. The zero-order valence-electron chi connectivity index (χ0n) is 17.9. The number of benzene rings is 1. The van der Waals surface area contributed by atoms with Gasteiger partial charge < -0.3 is 9.80 Å². The van der Waals surface area contributed by atoms with Crippen LogP contribution < -0.4 is 4.90 Å². The smallest absolute Gasteiger partial charge is 0.225 e. The predicted molar refractivity (Wildman–Crippen MR) is 119 cm³/mol. The third kappa shape index (κ3) is 5.09. The molecule has 2 aromatic rings.